The second-order valence-corrected chi connectivity index (χ2v) is 4.82. The van der Waals surface area contributed by atoms with Gasteiger partial charge in [-0.15, -0.1) is 0 Å². The first-order valence-corrected chi connectivity index (χ1v) is 6.50. The fourth-order valence-electron chi connectivity index (χ4n) is 2.32. The van der Waals surface area contributed by atoms with Gasteiger partial charge in [-0.05, 0) is 36.5 Å². The van der Waals surface area contributed by atoms with Gasteiger partial charge >= 0.3 is 0 Å². The number of rotatable bonds is 5. The van der Waals surface area contributed by atoms with Crippen LogP contribution in [-0.4, -0.2) is 26.1 Å². The highest BCUT2D eigenvalue weighted by atomic mass is 16.5. The zero-order valence-corrected chi connectivity index (χ0v) is 10.9. The maximum Gasteiger partial charge on any atom is 0.137 e. The van der Waals surface area contributed by atoms with Crippen molar-refractivity contribution in [3.05, 3.63) is 29.8 Å². The number of ether oxygens (including phenoxy) is 2. The normalized spacial score (nSPS) is 16.5. The minimum Gasteiger partial charge on any atom is -0.497 e. The first kappa shape index (κ1) is 13.1. The maximum atomic E-state index is 12.0. The number of hydrogen-bond acceptors (Lipinski definition) is 3. The highest BCUT2D eigenvalue weighted by Crippen LogP contribution is 2.20. The zero-order valence-electron chi connectivity index (χ0n) is 10.9. The molecule has 0 aliphatic carbocycles. The van der Waals surface area contributed by atoms with Crippen LogP contribution in [0.15, 0.2) is 24.3 Å². The molecule has 0 N–H and O–H groups in total. The number of methoxy groups -OCH3 is 1. The Balaban J connectivity index is 1.82. The third-order valence-corrected chi connectivity index (χ3v) is 3.42. The van der Waals surface area contributed by atoms with Gasteiger partial charge in [-0.25, -0.2) is 0 Å². The van der Waals surface area contributed by atoms with Crippen LogP contribution in [0.3, 0.4) is 0 Å². The van der Waals surface area contributed by atoms with Crippen molar-refractivity contribution in [2.75, 3.05) is 20.3 Å². The van der Waals surface area contributed by atoms with Crippen LogP contribution >= 0.6 is 0 Å². The Kier molecular flexibility index (Phi) is 4.76. The topological polar surface area (TPSA) is 35.5 Å². The van der Waals surface area contributed by atoms with Gasteiger partial charge in [0, 0.05) is 26.1 Å². The van der Waals surface area contributed by atoms with Gasteiger partial charge in [0.25, 0.3) is 0 Å². The van der Waals surface area contributed by atoms with Crippen molar-refractivity contribution < 1.29 is 14.3 Å². The molecule has 1 fully saturated rings. The molecule has 0 saturated carbocycles. The van der Waals surface area contributed by atoms with Gasteiger partial charge < -0.3 is 9.47 Å². The lowest BCUT2D eigenvalue weighted by Crippen LogP contribution is -2.19. The molecule has 0 bridgehead atoms. The number of carbonyl (C=O) groups is 1. The largest absolute Gasteiger partial charge is 0.497 e. The average Bonchev–Trinajstić information content (AvgIpc) is 2.40. The van der Waals surface area contributed by atoms with E-state index in [-0.39, 0.29) is 0 Å². The van der Waals surface area contributed by atoms with Crippen LogP contribution in [0.4, 0.5) is 0 Å². The predicted molar refractivity (Wildman–Crippen MR) is 69.9 cm³/mol. The van der Waals surface area contributed by atoms with E-state index in [1.165, 1.54) is 0 Å². The van der Waals surface area contributed by atoms with Crippen molar-refractivity contribution in [3.8, 4) is 5.75 Å². The van der Waals surface area contributed by atoms with E-state index in [2.05, 4.69) is 0 Å². The summed E-state index contributed by atoms with van der Waals surface area (Å²) in [6, 6.07) is 7.72. The fraction of sp³-hybridized carbons (Fsp3) is 0.533. The zero-order chi connectivity index (χ0) is 12.8. The van der Waals surface area contributed by atoms with Gasteiger partial charge in [0.2, 0.25) is 0 Å². The molecule has 1 aromatic carbocycles. The first-order valence-electron chi connectivity index (χ1n) is 6.50. The van der Waals surface area contributed by atoms with E-state index in [4.69, 9.17) is 9.47 Å². The minimum atomic E-state index is 0.326. The number of benzene rings is 1. The van der Waals surface area contributed by atoms with E-state index in [1.54, 1.807) is 7.11 Å². The molecule has 0 radical (unpaired) electrons. The third-order valence-electron chi connectivity index (χ3n) is 3.42. The van der Waals surface area contributed by atoms with Crippen molar-refractivity contribution in [2.24, 2.45) is 5.92 Å². The van der Waals surface area contributed by atoms with Crippen molar-refractivity contribution in [3.63, 3.8) is 0 Å². The quantitative estimate of drug-likeness (QED) is 0.803. The predicted octanol–water partition coefficient (Wildman–Crippen LogP) is 2.62. The molecule has 1 aliphatic heterocycles. The smallest absolute Gasteiger partial charge is 0.137 e. The number of carbonyl (C=O) groups excluding carboxylic acids is 1. The van der Waals surface area contributed by atoms with Gasteiger partial charge in [-0.3, -0.25) is 4.79 Å². The van der Waals surface area contributed by atoms with Crippen molar-refractivity contribution in [1.29, 1.82) is 0 Å². The summed E-state index contributed by atoms with van der Waals surface area (Å²) in [6.07, 6.45) is 3.26. The van der Waals surface area contributed by atoms with E-state index >= 15 is 0 Å². The summed E-state index contributed by atoms with van der Waals surface area (Å²) in [5.41, 5.74) is 1.06. The molecule has 2 rings (SSSR count). The molecule has 0 amide bonds. The molecule has 18 heavy (non-hydrogen) atoms. The Hall–Kier alpha value is -1.35. The second kappa shape index (κ2) is 6.55. The second-order valence-electron chi connectivity index (χ2n) is 4.82. The van der Waals surface area contributed by atoms with Crippen LogP contribution in [0.1, 0.15) is 24.8 Å². The van der Waals surface area contributed by atoms with Gasteiger partial charge in [0.05, 0.1) is 7.11 Å². The fourth-order valence-corrected chi connectivity index (χ4v) is 2.32. The van der Waals surface area contributed by atoms with E-state index in [0.29, 0.717) is 24.5 Å². The summed E-state index contributed by atoms with van der Waals surface area (Å²) in [5.74, 6) is 1.67. The highest BCUT2D eigenvalue weighted by Gasteiger charge is 2.17. The first-order chi connectivity index (χ1) is 8.78. The summed E-state index contributed by atoms with van der Waals surface area (Å²) in [7, 11) is 1.64. The Morgan fingerprint density at radius 1 is 1.28 bits per heavy atom. The molecular weight excluding hydrogens is 228 g/mol. The molecule has 1 heterocycles. The molecule has 0 atom stereocenters. The molecule has 98 valence electrons. The molecule has 3 nitrogen and oxygen atoms in total. The van der Waals surface area contributed by atoms with E-state index in [0.717, 1.165) is 37.4 Å². The average molecular weight is 248 g/mol. The van der Waals surface area contributed by atoms with Crippen LogP contribution in [0, 0.1) is 5.92 Å². The summed E-state index contributed by atoms with van der Waals surface area (Å²) in [5, 5.41) is 0. The maximum absolute atomic E-state index is 12.0. The molecule has 1 saturated heterocycles. The van der Waals surface area contributed by atoms with Crippen LogP contribution in [0.5, 0.6) is 5.75 Å². The molecule has 1 aliphatic rings. The summed E-state index contributed by atoms with van der Waals surface area (Å²) >= 11 is 0. The van der Waals surface area contributed by atoms with Gasteiger partial charge in [0.15, 0.2) is 0 Å². The highest BCUT2D eigenvalue weighted by molar-refractivity contribution is 5.81. The lowest BCUT2D eigenvalue weighted by Gasteiger charge is -2.21. The Labute approximate surface area is 108 Å². The third kappa shape index (κ3) is 3.84. The Morgan fingerprint density at radius 3 is 2.56 bits per heavy atom. The van der Waals surface area contributed by atoms with Crippen LogP contribution in [0.25, 0.3) is 0 Å². The van der Waals surface area contributed by atoms with E-state index in [1.807, 2.05) is 24.3 Å². The monoisotopic (exact) mass is 248 g/mol. The Bertz CT molecular complexity index is 377. The van der Waals surface area contributed by atoms with Crippen molar-refractivity contribution >= 4 is 5.78 Å². The molecule has 0 spiro atoms. The van der Waals surface area contributed by atoms with E-state index in [9.17, 15) is 4.79 Å². The number of hydrogen-bond donors (Lipinski definition) is 0. The molecular formula is C15H20O3. The standard InChI is InChI=1S/C15H20O3/c1-17-15-4-2-12(3-5-15)10-14(16)11-13-6-8-18-9-7-13/h2-5,13H,6-11H2,1H3. The van der Waals surface area contributed by atoms with E-state index < -0.39 is 0 Å². The van der Waals surface area contributed by atoms with Gasteiger partial charge in [-0.2, -0.15) is 0 Å². The molecule has 0 unspecified atom stereocenters. The van der Waals surface area contributed by atoms with Crippen molar-refractivity contribution in [2.45, 2.75) is 25.7 Å². The van der Waals surface area contributed by atoms with Gasteiger partial charge in [0.1, 0.15) is 11.5 Å². The molecule has 1 aromatic rings. The molecule has 3 heteroatoms. The molecule has 0 aromatic heterocycles. The summed E-state index contributed by atoms with van der Waals surface area (Å²) in [6.45, 7) is 1.61. The van der Waals surface area contributed by atoms with Crippen molar-refractivity contribution in [1.82, 2.24) is 0 Å². The number of Topliss-reactive ketones (excluding diaryl/α,β-unsaturated/α-hetero) is 1. The van der Waals surface area contributed by atoms with Gasteiger partial charge in [-0.1, -0.05) is 12.1 Å². The lowest BCUT2D eigenvalue weighted by atomic mass is 9.92. The number of ketones is 1. The summed E-state index contributed by atoms with van der Waals surface area (Å²) in [4.78, 5) is 12.0. The van der Waals surface area contributed by atoms with Crippen LogP contribution in [0.2, 0.25) is 0 Å². The lowest BCUT2D eigenvalue weighted by molar-refractivity contribution is -0.120. The minimum absolute atomic E-state index is 0.326. The summed E-state index contributed by atoms with van der Waals surface area (Å²) < 4.78 is 10.4. The SMILES string of the molecule is COc1ccc(CC(=O)CC2CCOCC2)cc1. The van der Waals surface area contributed by atoms with Crippen LogP contribution in [-0.2, 0) is 16.0 Å². The Morgan fingerprint density at radius 2 is 1.94 bits per heavy atom. The van der Waals surface area contributed by atoms with Crippen LogP contribution < -0.4 is 4.74 Å².